The van der Waals surface area contributed by atoms with Crippen LogP contribution >= 0.6 is 0 Å². The first kappa shape index (κ1) is 9.40. The highest BCUT2D eigenvalue weighted by molar-refractivity contribution is 5.44. The Morgan fingerprint density at radius 1 is 1.29 bits per heavy atom. The van der Waals surface area contributed by atoms with Crippen LogP contribution in [0.2, 0.25) is 0 Å². The van der Waals surface area contributed by atoms with Gasteiger partial charge in [0.05, 0.1) is 0 Å². The van der Waals surface area contributed by atoms with Gasteiger partial charge in [0.15, 0.2) is 0 Å². The third kappa shape index (κ3) is 1.70. The van der Waals surface area contributed by atoms with Gasteiger partial charge in [-0.05, 0) is 25.7 Å². The highest BCUT2D eigenvalue weighted by Gasteiger charge is 2.17. The van der Waals surface area contributed by atoms with Crippen LogP contribution in [0.25, 0.3) is 0 Å². The van der Waals surface area contributed by atoms with Crippen LogP contribution in [-0.2, 0) is 19.3 Å². The van der Waals surface area contributed by atoms with E-state index in [1.54, 1.807) is 0 Å². The fraction of sp³-hybridized carbons (Fsp3) is 0.600. The van der Waals surface area contributed by atoms with E-state index in [9.17, 15) is 0 Å². The quantitative estimate of drug-likeness (QED) is 0.732. The Labute approximate surface area is 83.2 Å². The molecule has 4 nitrogen and oxygen atoms in total. The summed E-state index contributed by atoms with van der Waals surface area (Å²) in [6.45, 7) is 0.181. The van der Waals surface area contributed by atoms with Crippen molar-refractivity contribution in [2.24, 2.45) is 0 Å². The van der Waals surface area contributed by atoms with Crippen molar-refractivity contribution in [3.63, 3.8) is 0 Å². The Bertz CT molecular complexity index is 338. The fourth-order valence-electron chi connectivity index (χ4n) is 1.86. The summed E-state index contributed by atoms with van der Waals surface area (Å²) in [6.07, 6.45) is 4.60. The van der Waals surface area contributed by atoms with Gasteiger partial charge in [0.2, 0.25) is 0 Å². The van der Waals surface area contributed by atoms with Crippen molar-refractivity contribution in [2.45, 2.75) is 32.1 Å². The van der Waals surface area contributed by atoms with Crippen molar-refractivity contribution in [1.29, 1.82) is 0 Å². The summed E-state index contributed by atoms with van der Waals surface area (Å²) in [5, 5.41) is 8.70. The van der Waals surface area contributed by atoms with Gasteiger partial charge in [-0.15, -0.1) is 0 Å². The topological polar surface area (TPSA) is 72.0 Å². The smallest absolute Gasteiger partial charge is 0.131 e. The molecule has 1 aromatic heterocycles. The molecule has 1 heterocycles. The van der Waals surface area contributed by atoms with Gasteiger partial charge < -0.3 is 10.8 Å². The summed E-state index contributed by atoms with van der Waals surface area (Å²) in [5.41, 5.74) is 8.08. The lowest BCUT2D eigenvalue weighted by Crippen LogP contribution is -2.06. The Balaban J connectivity index is 2.23. The molecule has 0 atom stereocenters. The van der Waals surface area contributed by atoms with E-state index in [1.807, 2.05) is 0 Å². The summed E-state index contributed by atoms with van der Waals surface area (Å²) < 4.78 is 0. The molecule has 0 radical (unpaired) electrons. The molecule has 0 aliphatic heterocycles. The molecule has 2 rings (SSSR count). The number of rotatable bonds is 3. The molecule has 4 heteroatoms. The lowest BCUT2D eigenvalue weighted by atomic mass is 10.2. The standard InChI is InChI=1S/C10H15N3O/c11-10-7-3-1-4-8(7)12-9(13-10)5-2-6-14/h14H,1-6H2,(H2,11,12,13). The first-order valence-electron chi connectivity index (χ1n) is 5.06. The average molecular weight is 193 g/mol. The second-order valence-corrected chi connectivity index (χ2v) is 3.63. The summed E-state index contributed by atoms with van der Waals surface area (Å²) in [5.74, 6) is 1.41. The van der Waals surface area contributed by atoms with Crippen molar-refractivity contribution in [1.82, 2.24) is 9.97 Å². The van der Waals surface area contributed by atoms with Gasteiger partial charge in [0.25, 0.3) is 0 Å². The van der Waals surface area contributed by atoms with Crippen LogP contribution in [0.4, 0.5) is 5.82 Å². The molecular formula is C10H15N3O. The molecule has 76 valence electrons. The fourth-order valence-corrected chi connectivity index (χ4v) is 1.86. The van der Waals surface area contributed by atoms with E-state index in [0.29, 0.717) is 18.7 Å². The molecule has 0 spiro atoms. The zero-order chi connectivity index (χ0) is 9.97. The van der Waals surface area contributed by atoms with E-state index in [2.05, 4.69) is 9.97 Å². The minimum absolute atomic E-state index is 0.181. The predicted molar refractivity (Wildman–Crippen MR) is 53.9 cm³/mol. The summed E-state index contributed by atoms with van der Waals surface area (Å²) in [6, 6.07) is 0. The number of fused-ring (bicyclic) bond motifs is 1. The van der Waals surface area contributed by atoms with E-state index in [1.165, 1.54) is 0 Å². The Morgan fingerprint density at radius 3 is 2.93 bits per heavy atom. The van der Waals surface area contributed by atoms with Crippen LogP contribution in [-0.4, -0.2) is 21.7 Å². The maximum absolute atomic E-state index is 8.70. The van der Waals surface area contributed by atoms with Crippen molar-refractivity contribution in [2.75, 3.05) is 12.3 Å². The van der Waals surface area contributed by atoms with E-state index in [-0.39, 0.29) is 6.61 Å². The van der Waals surface area contributed by atoms with Crippen molar-refractivity contribution in [3.8, 4) is 0 Å². The summed E-state index contributed by atoms with van der Waals surface area (Å²) in [4.78, 5) is 8.69. The largest absolute Gasteiger partial charge is 0.396 e. The van der Waals surface area contributed by atoms with Gasteiger partial charge in [-0.1, -0.05) is 0 Å². The van der Waals surface area contributed by atoms with Crippen LogP contribution in [0.15, 0.2) is 0 Å². The number of aliphatic hydroxyl groups excluding tert-OH is 1. The Morgan fingerprint density at radius 2 is 2.14 bits per heavy atom. The highest BCUT2D eigenvalue weighted by Crippen LogP contribution is 2.24. The normalized spacial score (nSPS) is 14.4. The van der Waals surface area contributed by atoms with Crippen LogP contribution in [0.1, 0.15) is 29.9 Å². The molecule has 0 saturated heterocycles. The van der Waals surface area contributed by atoms with Crippen molar-refractivity contribution < 1.29 is 5.11 Å². The Kier molecular flexibility index (Phi) is 2.63. The van der Waals surface area contributed by atoms with Crippen molar-refractivity contribution in [3.05, 3.63) is 17.1 Å². The number of nitrogen functional groups attached to an aromatic ring is 1. The number of nitrogens with zero attached hydrogens (tertiary/aromatic N) is 2. The van der Waals surface area contributed by atoms with Crippen LogP contribution in [0.3, 0.4) is 0 Å². The molecule has 0 aromatic carbocycles. The average Bonchev–Trinajstić information content (AvgIpc) is 2.63. The van der Waals surface area contributed by atoms with Gasteiger partial charge in [0, 0.05) is 24.3 Å². The number of hydrogen-bond acceptors (Lipinski definition) is 4. The number of aromatic nitrogens is 2. The maximum Gasteiger partial charge on any atom is 0.131 e. The minimum Gasteiger partial charge on any atom is -0.396 e. The first-order chi connectivity index (χ1) is 6.81. The zero-order valence-electron chi connectivity index (χ0n) is 8.16. The number of aryl methyl sites for hydroxylation is 2. The molecule has 0 saturated carbocycles. The lowest BCUT2D eigenvalue weighted by molar-refractivity contribution is 0.287. The zero-order valence-corrected chi connectivity index (χ0v) is 8.16. The van der Waals surface area contributed by atoms with E-state index in [0.717, 1.165) is 36.3 Å². The van der Waals surface area contributed by atoms with Gasteiger partial charge >= 0.3 is 0 Å². The lowest BCUT2D eigenvalue weighted by Gasteiger charge is -2.05. The van der Waals surface area contributed by atoms with Gasteiger partial charge in [-0.2, -0.15) is 0 Å². The molecule has 1 aromatic rings. The van der Waals surface area contributed by atoms with Crippen molar-refractivity contribution >= 4 is 5.82 Å². The van der Waals surface area contributed by atoms with E-state index in [4.69, 9.17) is 10.8 Å². The Hall–Kier alpha value is -1.16. The van der Waals surface area contributed by atoms with Gasteiger partial charge in [0.1, 0.15) is 11.6 Å². The van der Waals surface area contributed by atoms with E-state index >= 15 is 0 Å². The molecule has 0 fully saturated rings. The second-order valence-electron chi connectivity index (χ2n) is 3.63. The van der Waals surface area contributed by atoms with Crippen LogP contribution in [0.5, 0.6) is 0 Å². The maximum atomic E-state index is 8.70. The van der Waals surface area contributed by atoms with Crippen LogP contribution in [0, 0.1) is 0 Å². The summed E-state index contributed by atoms with van der Waals surface area (Å²) in [7, 11) is 0. The molecule has 0 amide bonds. The number of anilines is 1. The third-order valence-corrected chi connectivity index (χ3v) is 2.57. The molecule has 3 N–H and O–H groups in total. The predicted octanol–water partition coefficient (Wildman–Crippen LogP) is 0.472. The highest BCUT2D eigenvalue weighted by atomic mass is 16.2. The monoisotopic (exact) mass is 193 g/mol. The van der Waals surface area contributed by atoms with Gasteiger partial charge in [-0.25, -0.2) is 9.97 Å². The summed E-state index contributed by atoms with van der Waals surface area (Å²) >= 11 is 0. The third-order valence-electron chi connectivity index (χ3n) is 2.57. The molecule has 14 heavy (non-hydrogen) atoms. The molecule has 1 aliphatic rings. The van der Waals surface area contributed by atoms with Crippen LogP contribution < -0.4 is 5.73 Å². The first-order valence-corrected chi connectivity index (χ1v) is 5.06. The SMILES string of the molecule is Nc1nc(CCCO)nc2c1CCC2. The second kappa shape index (κ2) is 3.92. The van der Waals surface area contributed by atoms with Gasteiger partial charge in [-0.3, -0.25) is 0 Å². The minimum atomic E-state index is 0.181. The molecular weight excluding hydrogens is 178 g/mol. The molecule has 0 unspecified atom stereocenters. The number of aliphatic hydroxyl groups is 1. The van der Waals surface area contributed by atoms with E-state index < -0.39 is 0 Å². The number of nitrogens with two attached hydrogens (primary N) is 1. The number of hydrogen-bond donors (Lipinski definition) is 2. The molecule has 1 aliphatic carbocycles. The molecule has 0 bridgehead atoms.